The SMILES string of the molecule is Cc1cc2nc(-c3ccc4c(c3)CCCC4)cn2cc1N. The van der Waals surface area contributed by atoms with Gasteiger partial charge >= 0.3 is 0 Å². The maximum Gasteiger partial charge on any atom is 0.137 e. The van der Waals surface area contributed by atoms with Crippen LogP contribution in [0.1, 0.15) is 29.5 Å². The van der Waals surface area contributed by atoms with Gasteiger partial charge in [-0.1, -0.05) is 12.1 Å². The van der Waals surface area contributed by atoms with Gasteiger partial charge in [0.05, 0.1) is 11.4 Å². The van der Waals surface area contributed by atoms with Crippen LogP contribution >= 0.6 is 0 Å². The summed E-state index contributed by atoms with van der Waals surface area (Å²) in [6.45, 7) is 2.02. The Morgan fingerprint density at radius 2 is 1.86 bits per heavy atom. The van der Waals surface area contributed by atoms with Crippen molar-refractivity contribution in [3.8, 4) is 11.3 Å². The Morgan fingerprint density at radius 1 is 1.05 bits per heavy atom. The van der Waals surface area contributed by atoms with E-state index in [-0.39, 0.29) is 0 Å². The van der Waals surface area contributed by atoms with Gasteiger partial charge in [0.15, 0.2) is 0 Å². The van der Waals surface area contributed by atoms with Crippen molar-refractivity contribution in [3.63, 3.8) is 0 Å². The number of nitrogen functional groups attached to an aromatic ring is 1. The fraction of sp³-hybridized carbons (Fsp3) is 0.278. The lowest BCUT2D eigenvalue weighted by Crippen LogP contribution is -2.02. The van der Waals surface area contributed by atoms with E-state index in [1.165, 1.54) is 42.4 Å². The zero-order chi connectivity index (χ0) is 14.4. The van der Waals surface area contributed by atoms with E-state index in [2.05, 4.69) is 24.4 Å². The Hall–Kier alpha value is -2.29. The molecule has 1 aliphatic carbocycles. The average molecular weight is 277 g/mol. The predicted molar refractivity (Wildman–Crippen MR) is 86.4 cm³/mol. The second kappa shape index (κ2) is 4.62. The molecule has 0 bridgehead atoms. The highest BCUT2D eigenvalue weighted by Crippen LogP contribution is 2.27. The first-order valence-corrected chi connectivity index (χ1v) is 7.58. The lowest BCUT2D eigenvalue weighted by Gasteiger charge is -2.15. The maximum absolute atomic E-state index is 5.98. The van der Waals surface area contributed by atoms with Crippen molar-refractivity contribution in [1.29, 1.82) is 0 Å². The van der Waals surface area contributed by atoms with Gasteiger partial charge in [-0.25, -0.2) is 4.98 Å². The molecule has 0 fully saturated rings. The van der Waals surface area contributed by atoms with Crippen molar-refractivity contribution in [3.05, 3.63) is 53.3 Å². The summed E-state index contributed by atoms with van der Waals surface area (Å²) in [7, 11) is 0. The van der Waals surface area contributed by atoms with Gasteiger partial charge in [-0.3, -0.25) is 0 Å². The van der Waals surface area contributed by atoms with E-state index in [9.17, 15) is 0 Å². The summed E-state index contributed by atoms with van der Waals surface area (Å²) in [4.78, 5) is 4.74. The third kappa shape index (κ3) is 2.09. The van der Waals surface area contributed by atoms with Crippen LogP contribution < -0.4 is 5.73 Å². The van der Waals surface area contributed by atoms with E-state index >= 15 is 0 Å². The Morgan fingerprint density at radius 3 is 2.71 bits per heavy atom. The molecule has 0 amide bonds. The topological polar surface area (TPSA) is 43.3 Å². The summed E-state index contributed by atoms with van der Waals surface area (Å²) in [5, 5.41) is 0. The van der Waals surface area contributed by atoms with Gasteiger partial charge in [-0.05, 0) is 61.4 Å². The minimum absolute atomic E-state index is 0.803. The number of imidazole rings is 1. The van der Waals surface area contributed by atoms with Crippen molar-refractivity contribution >= 4 is 11.3 Å². The number of aryl methyl sites for hydroxylation is 3. The van der Waals surface area contributed by atoms with E-state index in [1.54, 1.807) is 0 Å². The molecule has 2 N–H and O–H groups in total. The van der Waals surface area contributed by atoms with Gasteiger partial charge in [-0.15, -0.1) is 0 Å². The molecule has 1 aliphatic rings. The second-order valence-electron chi connectivity index (χ2n) is 5.99. The number of pyridine rings is 1. The van der Waals surface area contributed by atoms with Gasteiger partial charge in [0, 0.05) is 18.0 Å². The molecular formula is C18H19N3. The Kier molecular flexibility index (Phi) is 2.74. The number of anilines is 1. The minimum atomic E-state index is 0.803. The molecule has 0 aliphatic heterocycles. The third-order valence-corrected chi connectivity index (χ3v) is 4.48. The Balaban J connectivity index is 1.82. The summed E-state index contributed by atoms with van der Waals surface area (Å²) in [6, 6.07) is 8.82. The molecule has 0 radical (unpaired) electrons. The summed E-state index contributed by atoms with van der Waals surface area (Å²) >= 11 is 0. The van der Waals surface area contributed by atoms with E-state index in [1.807, 2.05) is 23.6 Å². The van der Waals surface area contributed by atoms with Crippen molar-refractivity contribution in [2.24, 2.45) is 0 Å². The molecule has 4 rings (SSSR count). The molecule has 0 spiro atoms. The maximum atomic E-state index is 5.98. The summed E-state index contributed by atoms with van der Waals surface area (Å²) in [5.74, 6) is 0. The molecule has 106 valence electrons. The first-order valence-electron chi connectivity index (χ1n) is 7.58. The largest absolute Gasteiger partial charge is 0.397 e. The number of benzene rings is 1. The average Bonchev–Trinajstić information content (AvgIpc) is 2.90. The zero-order valence-electron chi connectivity index (χ0n) is 12.3. The molecule has 3 aromatic rings. The standard InChI is InChI=1S/C18H19N3/c1-12-8-18-20-17(11-21(18)10-16(12)19)15-7-6-13-4-2-3-5-14(13)9-15/h6-11H,2-5,19H2,1H3. The fourth-order valence-corrected chi connectivity index (χ4v) is 3.18. The van der Waals surface area contributed by atoms with Crippen molar-refractivity contribution in [1.82, 2.24) is 9.38 Å². The van der Waals surface area contributed by atoms with Crippen molar-refractivity contribution < 1.29 is 0 Å². The highest BCUT2D eigenvalue weighted by atomic mass is 15.0. The number of rotatable bonds is 1. The van der Waals surface area contributed by atoms with Gasteiger partial charge in [-0.2, -0.15) is 0 Å². The Labute approximate surface area is 124 Å². The molecule has 21 heavy (non-hydrogen) atoms. The third-order valence-electron chi connectivity index (χ3n) is 4.48. The molecule has 3 nitrogen and oxygen atoms in total. The first-order chi connectivity index (χ1) is 10.2. The van der Waals surface area contributed by atoms with Gasteiger partial charge in [0.25, 0.3) is 0 Å². The van der Waals surface area contributed by atoms with Gasteiger partial charge in [0.2, 0.25) is 0 Å². The normalized spacial score (nSPS) is 14.3. The summed E-state index contributed by atoms with van der Waals surface area (Å²) in [6.07, 6.45) is 9.05. The van der Waals surface area contributed by atoms with Crippen LogP contribution in [0.3, 0.4) is 0 Å². The van der Waals surface area contributed by atoms with E-state index in [0.717, 1.165) is 22.6 Å². The zero-order valence-corrected chi connectivity index (χ0v) is 12.3. The molecule has 0 unspecified atom stereocenters. The number of hydrogen-bond donors (Lipinski definition) is 1. The van der Waals surface area contributed by atoms with Gasteiger partial charge < -0.3 is 10.1 Å². The van der Waals surface area contributed by atoms with Crippen molar-refractivity contribution in [2.75, 3.05) is 5.73 Å². The fourth-order valence-electron chi connectivity index (χ4n) is 3.18. The number of hydrogen-bond acceptors (Lipinski definition) is 2. The van der Waals surface area contributed by atoms with Crippen LogP contribution in [0.25, 0.3) is 16.9 Å². The van der Waals surface area contributed by atoms with E-state index in [4.69, 9.17) is 10.7 Å². The highest BCUT2D eigenvalue weighted by Gasteiger charge is 2.12. The van der Waals surface area contributed by atoms with E-state index < -0.39 is 0 Å². The van der Waals surface area contributed by atoms with Crippen LogP contribution in [-0.2, 0) is 12.8 Å². The van der Waals surface area contributed by atoms with E-state index in [0.29, 0.717) is 0 Å². The molecule has 0 saturated heterocycles. The molecular weight excluding hydrogens is 258 g/mol. The Bertz CT molecular complexity index is 791. The number of aromatic nitrogens is 2. The lowest BCUT2D eigenvalue weighted by molar-refractivity contribution is 0.686. The van der Waals surface area contributed by atoms with Crippen LogP contribution in [0.15, 0.2) is 36.7 Å². The monoisotopic (exact) mass is 277 g/mol. The first kappa shape index (κ1) is 12.5. The quantitative estimate of drug-likeness (QED) is 0.735. The molecule has 1 aromatic carbocycles. The van der Waals surface area contributed by atoms with Crippen LogP contribution in [0.2, 0.25) is 0 Å². The highest BCUT2D eigenvalue weighted by molar-refractivity contribution is 5.66. The smallest absolute Gasteiger partial charge is 0.137 e. The van der Waals surface area contributed by atoms with Gasteiger partial charge in [0.1, 0.15) is 5.65 Å². The molecule has 2 aromatic heterocycles. The predicted octanol–water partition coefficient (Wildman–Crippen LogP) is 3.77. The minimum Gasteiger partial charge on any atom is -0.397 e. The summed E-state index contributed by atoms with van der Waals surface area (Å²) in [5.41, 5.74) is 14.0. The number of fused-ring (bicyclic) bond motifs is 2. The van der Waals surface area contributed by atoms with Crippen LogP contribution in [0, 0.1) is 6.92 Å². The second-order valence-corrected chi connectivity index (χ2v) is 5.99. The molecule has 0 saturated carbocycles. The molecule has 2 heterocycles. The molecule has 0 atom stereocenters. The summed E-state index contributed by atoms with van der Waals surface area (Å²) < 4.78 is 2.01. The van der Waals surface area contributed by atoms with Crippen LogP contribution in [0.4, 0.5) is 5.69 Å². The van der Waals surface area contributed by atoms with Crippen LogP contribution in [0.5, 0.6) is 0 Å². The molecule has 3 heteroatoms. The van der Waals surface area contributed by atoms with Crippen molar-refractivity contribution in [2.45, 2.75) is 32.6 Å². The lowest BCUT2D eigenvalue weighted by atomic mass is 9.90. The van der Waals surface area contributed by atoms with Crippen LogP contribution in [-0.4, -0.2) is 9.38 Å². The number of nitrogens with two attached hydrogens (primary N) is 1. The number of nitrogens with zero attached hydrogens (tertiary/aromatic N) is 2.